The van der Waals surface area contributed by atoms with Gasteiger partial charge in [0.1, 0.15) is 5.82 Å². The van der Waals surface area contributed by atoms with Gasteiger partial charge in [0, 0.05) is 25.5 Å². The quantitative estimate of drug-likeness (QED) is 0.521. The van der Waals surface area contributed by atoms with Gasteiger partial charge in [0.2, 0.25) is 0 Å². The normalized spacial score (nSPS) is 11.3. The summed E-state index contributed by atoms with van der Waals surface area (Å²) >= 11 is 1.37. The lowest BCUT2D eigenvalue weighted by Gasteiger charge is -2.08. The van der Waals surface area contributed by atoms with Gasteiger partial charge in [-0.2, -0.15) is 0 Å². The van der Waals surface area contributed by atoms with Crippen LogP contribution in [0.25, 0.3) is 11.2 Å². The summed E-state index contributed by atoms with van der Waals surface area (Å²) in [6.07, 6.45) is 2.10. The number of nitrogens with zero attached hydrogens (tertiary/aromatic N) is 4. The van der Waals surface area contributed by atoms with Gasteiger partial charge in [-0.1, -0.05) is 12.1 Å². The zero-order valence-electron chi connectivity index (χ0n) is 13.4. The van der Waals surface area contributed by atoms with E-state index in [0.29, 0.717) is 28.2 Å². The Kier molecular flexibility index (Phi) is 4.57. The van der Waals surface area contributed by atoms with Gasteiger partial charge in [0.25, 0.3) is 5.56 Å². The first-order valence-corrected chi connectivity index (χ1v) is 8.47. The molecule has 3 aromatic rings. The van der Waals surface area contributed by atoms with Crippen LogP contribution in [0.1, 0.15) is 6.42 Å². The van der Waals surface area contributed by atoms with Crippen molar-refractivity contribution in [1.82, 2.24) is 18.7 Å². The van der Waals surface area contributed by atoms with E-state index in [4.69, 9.17) is 0 Å². The average molecular weight is 348 g/mol. The lowest BCUT2D eigenvalue weighted by atomic mass is 10.3. The first-order chi connectivity index (χ1) is 11.5. The molecule has 0 spiro atoms. The van der Waals surface area contributed by atoms with Gasteiger partial charge in [0.15, 0.2) is 11.2 Å². The minimum Gasteiger partial charge on any atom is -0.328 e. The van der Waals surface area contributed by atoms with E-state index in [1.165, 1.54) is 33.3 Å². The second-order valence-electron chi connectivity index (χ2n) is 5.46. The van der Waals surface area contributed by atoms with E-state index >= 15 is 0 Å². The smallest absolute Gasteiger partial charge is 0.328 e. The van der Waals surface area contributed by atoms with E-state index in [-0.39, 0.29) is 23.6 Å². The molecule has 0 bridgehead atoms. The van der Waals surface area contributed by atoms with Crippen molar-refractivity contribution in [2.75, 3.05) is 5.75 Å². The molecule has 2 aromatic heterocycles. The highest BCUT2D eigenvalue weighted by Gasteiger charge is 2.14. The second-order valence-corrected chi connectivity index (χ2v) is 6.60. The van der Waals surface area contributed by atoms with Gasteiger partial charge in [-0.15, -0.1) is 11.8 Å². The van der Waals surface area contributed by atoms with Crippen molar-refractivity contribution in [3.63, 3.8) is 0 Å². The van der Waals surface area contributed by atoms with Crippen LogP contribution in [0.5, 0.6) is 0 Å². The van der Waals surface area contributed by atoms with Crippen LogP contribution in [-0.2, 0) is 20.6 Å². The number of benzene rings is 1. The summed E-state index contributed by atoms with van der Waals surface area (Å²) in [6, 6.07) is 6.56. The molecule has 2 heterocycles. The number of aryl methyl sites for hydroxylation is 2. The van der Waals surface area contributed by atoms with Crippen LogP contribution in [0.2, 0.25) is 0 Å². The van der Waals surface area contributed by atoms with Crippen LogP contribution >= 0.6 is 11.8 Å². The summed E-state index contributed by atoms with van der Waals surface area (Å²) < 4.78 is 17.8. The molecule has 24 heavy (non-hydrogen) atoms. The molecule has 8 heteroatoms. The number of rotatable bonds is 5. The second kappa shape index (κ2) is 6.64. The van der Waals surface area contributed by atoms with Crippen molar-refractivity contribution in [2.24, 2.45) is 14.1 Å². The number of hydrogen-bond acceptors (Lipinski definition) is 4. The summed E-state index contributed by atoms with van der Waals surface area (Å²) in [4.78, 5) is 29.5. The Morgan fingerprint density at radius 1 is 1.21 bits per heavy atom. The molecule has 0 unspecified atom stereocenters. The first kappa shape index (κ1) is 16.5. The maximum Gasteiger partial charge on any atom is 0.332 e. The Bertz CT molecular complexity index is 1010. The van der Waals surface area contributed by atoms with Gasteiger partial charge in [-0.3, -0.25) is 13.9 Å². The van der Waals surface area contributed by atoms with E-state index in [0.717, 1.165) is 0 Å². The average Bonchev–Trinajstić information content (AvgIpc) is 2.95. The SMILES string of the molecule is Cn1cnc2c1c(=O)n(CCCSc1ccccc1F)c(=O)n2C. The van der Waals surface area contributed by atoms with Crippen LogP contribution in [0.15, 0.2) is 45.1 Å². The third-order valence-electron chi connectivity index (χ3n) is 3.82. The molecule has 1 aromatic carbocycles. The fourth-order valence-corrected chi connectivity index (χ4v) is 3.43. The zero-order chi connectivity index (χ0) is 17.3. The van der Waals surface area contributed by atoms with E-state index in [1.54, 1.807) is 36.9 Å². The Morgan fingerprint density at radius 3 is 2.71 bits per heavy atom. The number of imidazole rings is 1. The number of hydrogen-bond donors (Lipinski definition) is 0. The topological polar surface area (TPSA) is 61.8 Å². The third-order valence-corrected chi connectivity index (χ3v) is 4.96. The number of fused-ring (bicyclic) bond motifs is 1. The number of aromatic nitrogens is 4. The number of thioether (sulfide) groups is 1. The van der Waals surface area contributed by atoms with Crippen molar-refractivity contribution in [3.05, 3.63) is 57.2 Å². The highest BCUT2D eigenvalue weighted by atomic mass is 32.2. The lowest BCUT2D eigenvalue weighted by molar-refractivity contribution is 0.591. The largest absolute Gasteiger partial charge is 0.332 e. The van der Waals surface area contributed by atoms with Crippen molar-refractivity contribution in [2.45, 2.75) is 17.9 Å². The molecule has 3 rings (SSSR count). The van der Waals surface area contributed by atoms with E-state index in [9.17, 15) is 14.0 Å². The fraction of sp³-hybridized carbons (Fsp3) is 0.312. The Balaban J connectivity index is 1.79. The summed E-state index contributed by atoms with van der Waals surface area (Å²) in [7, 11) is 3.32. The Hall–Kier alpha value is -2.35. The van der Waals surface area contributed by atoms with Crippen LogP contribution in [0.3, 0.4) is 0 Å². The molecule has 0 aliphatic rings. The Labute approximate surface area is 141 Å². The van der Waals surface area contributed by atoms with E-state index < -0.39 is 0 Å². The van der Waals surface area contributed by atoms with Crippen molar-refractivity contribution in [1.29, 1.82) is 0 Å². The minimum absolute atomic E-state index is 0.258. The van der Waals surface area contributed by atoms with E-state index in [1.807, 2.05) is 0 Å². The van der Waals surface area contributed by atoms with Crippen LogP contribution in [0, 0.1) is 5.82 Å². The molecule has 126 valence electrons. The van der Waals surface area contributed by atoms with Gasteiger partial charge in [-0.05, 0) is 24.3 Å². The molecule has 0 N–H and O–H groups in total. The third kappa shape index (κ3) is 2.89. The summed E-state index contributed by atoms with van der Waals surface area (Å²) in [5.74, 6) is 0.354. The molecule has 0 amide bonds. The monoisotopic (exact) mass is 348 g/mol. The molecule has 0 saturated heterocycles. The summed E-state index contributed by atoms with van der Waals surface area (Å²) in [5, 5.41) is 0. The maximum atomic E-state index is 13.6. The van der Waals surface area contributed by atoms with Gasteiger partial charge in [-0.25, -0.2) is 14.2 Å². The zero-order valence-corrected chi connectivity index (χ0v) is 14.2. The van der Waals surface area contributed by atoms with Crippen molar-refractivity contribution < 1.29 is 4.39 Å². The molecule has 0 radical (unpaired) electrons. The van der Waals surface area contributed by atoms with Crippen LogP contribution < -0.4 is 11.2 Å². The minimum atomic E-state index is -0.387. The highest BCUT2D eigenvalue weighted by Crippen LogP contribution is 2.21. The Morgan fingerprint density at radius 2 is 1.96 bits per heavy atom. The maximum absolute atomic E-state index is 13.6. The van der Waals surface area contributed by atoms with Gasteiger partial charge >= 0.3 is 5.69 Å². The van der Waals surface area contributed by atoms with Crippen molar-refractivity contribution >= 4 is 22.9 Å². The van der Waals surface area contributed by atoms with E-state index in [2.05, 4.69) is 4.98 Å². The molecular weight excluding hydrogens is 331 g/mol. The molecule has 0 fully saturated rings. The molecule has 6 nitrogen and oxygen atoms in total. The molecule has 0 saturated carbocycles. The summed E-state index contributed by atoms with van der Waals surface area (Å²) in [6.45, 7) is 0.286. The molecular formula is C16H17FN4O2S. The molecule has 0 aliphatic carbocycles. The van der Waals surface area contributed by atoms with Gasteiger partial charge < -0.3 is 4.57 Å². The van der Waals surface area contributed by atoms with Crippen LogP contribution in [-0.4, -0.2) is 24.4 Å². The van der Waals surface area contributed by atoms with Crippen LogP contribution in [0.4, 0.5) is 4.39 Å². The lowest BCUT2D eigenvalue weighted by Crippen LogP contribution is -2.39. The molecule has 0 aliphatic heterocycles. The predicted molar refractivity (Wildman–Crippen MR) is 92.0 cm³/mol. The standard InChI is InChI=1S/C16H17FN4O2S/c1-19-10-18-14-13(19)15(22)21(16(23)20(14)2)8-5-9-24-12-7-4-3-6-11(12)17/h3-4,6-7,10H,5,8-9H2,1-2H3. The number of halogens is 1. The highest BCUT2D eigenvalue weighted by molar-refractivity contribution is 7.99. The fourth-order valence-electron chi connectivity index (χ4n) is 2.56. The molecule has 0 atom stereocenters. The van der Waals surface area contributed by atoms with Gasteiger partial charge in [0.05, 0.1) is 6.33 Å². The van der Waals surface area contributed by atoms with Crippen molar-refractivity contribution in [3.8, 4) is 0 Å². The summed E-state index contributed by atoms with van der Waals surface area (Å²) in [5.41, 5.74) is 0.0504. The first-order valence-electron chi connectivity index (χ1n) is 7.49. The predicted octanol–water partition coefficient (Wildman–Crippen LogP) is 1.76.